The average Bonchev–Trinajstić information content (AvgIpc) is 2.58. The number of pyridine rings is 2. The van der Waals surface area contributed by atoms with Gasteiger partial charge in [0.25, 0.3) is 5.56 Å². The molecule has 2 heterocycles. The lowest BCUT2D eigenvalue weighted by atomic mass is 10.2. The molecule has 0 amide bonds. The number of aromatic nitrogens is 2. The third-order valence-electron chi connectivity index (χ3n) is 3.45. The van der Waals surface area contributed by atoms with E-state index in [0.29, 0.717) is 5.69 Å². The molecule has 0 bridgehead atoms. The topological polar surface area (TPSA) is 44.1 Å². The van der Waals surface area contributed by atoms with E-state index >= 15 is 0 Å². The summed E-state index contributed by atoms with van der Waals surface area (Å²) in [6.45, 7) is -0.0184. The molecular weight excluding hydrogens is 459 g/mol. The second-order valence-electron chi connectivity index (χ2n) is 5.35. The van der Waals surface area contributed by atoms with E-state index in [0.717, 1.165) is 15.2 Å². The molecule has 2 aromatic rings. The zero-order valence-electron chi connectivity index (χ0n) is 14.1. The monoisotopic (exact) mass is 472 g/mol. The van der Waals surface area contributed by atoms with Gasteiger partial charge in [-0.05, 0) is 39.9 Å². The molecule has 0 aliphatic carbocycles. The molecule has 0 fully saturated rings. The Hall–Kier alpha value is -1.62. The number of thioether (sulfide) groups is 1. The number of ether oxygens (including phenoxy) is 1. The maximum Gasteiger partial charge on any atom is 0.456 e. The van der Waals surface area contributed by atoms with Gasteiger partial charge in [0, 0.05) is 18.1 Å². The van der Waals surface area contributed by atoms with Gasteiger partial charge in [0.2, 0.25) is 5.88 Å². The summed E-state index contributed by atoms with van der Waals surface area (Å²) in [6, 6.07) is 4.78. The highest BCUT2D eigenvalue weighted by atomic mass is 79.9. The quantitative estimate of drug-likeness (QED) is 0.443. The van der Waals surface area contributed by atoms with E-state index in [4.69, 9.17) is 0 Å². The SMILES string of the molecule is CCSc1cccnc1-c1cc(Br)c(OCC(F)(F)C(F)(F)F)n(C)c1=O. The molecule has 0 atom stereocenters. The highest BCUT2D eigenvalue weighted by molar-refractivity contribution is 9.10. The molecule has 148 valence electrons. The summed E-state index contributed by atoms with van der Waals surface area (Å²) in [7, 11) is 1.22. The molecule has 0 saturated heterocycles. The van der Waals surface area contributed by atoms with Crippen molar-refractivity contribution < 1.29 is 26.7 Å². The first-order chi connectivity index (χ1) is 12.5. The number of alkyl halides is 5. The Balaban J connectivity index is 2.44. The van der Waals surface area contributed by atoms with E-state index in [9.17, 15) is 26.7 Å². The van der Waals surface area contributed by atoms with Gasteiger partial charge in [0.05, 0.1) is 15.7 Å². The van der Waals surface area contributed by atoms with Crippen molar-refractivity contribution in [1.82, 2.24) is 9.55 Å². The predicted octanol–water partition coefficient (Wildman–Crippen LogP) is 4.90. The van der Waals surface area contributed by atoms with Gasteiger partial charge in [-0.3, -0.25) is 14.3 Å². The third-order valence-corrected chi connectivity index (χ3v) is 4.94. The first kappa shape index (κ1) is 21.7. The van der Waals surface area contributed by atoms with Crippen LogP contribution in [0.5, 0.6) is 5.88 Å². The molecule has 0 radical (unpaired) electrons. The van der Waals surface area contributed by atoms with Gasteiger partial charge in [-0.15, -0.1) is 11.8 Å². The van der Waals surface area contributed by atoms with E-state index < -0.39 is 30.1 Å². The van der Waals surface area contributed by atoms with Crippen LogP contribution in [-0.2, 0) is 7.05 Å². The summed E-state index contributed by atoms with van der Waals surface area (Å²) in [5, 5.41) is 0. The maximum absolute atomic E-state index is 13.1. The van der Waals surface area contributed by atoms with Gasteiger partial charge in [0.1, 0.15) is 0 Å². The lowest BCUT2D eigenvalue weighted by Crippen LogP contribution is -2.42. The minimum atomic E-state index is -5.75. The second-order valence-corrected chi connectivity index (χ2v) is 7.51. The molecule has 0 N–H and O–H groups in total. The van der Waals surface area contributed by atoms with Gasteiger partial charge < -0.3 is 4.74 Å². The van der Waals surface area contributed by atoms with Gasteiger partial charge in [-0.2, -0.15) is 22.0 Å². The fraction of sp³-hybridized carbons (Fsp3) is 0.375. The van der Waals surface area contributed by atoms with Crippen LogP contribution in [0.25, 0.3) is 11.3 Å². The molecule has 11 heteroatoms. The van der Waals surface area contributed by atoms with Crippen molar-refractivity contribution in [2.45, 2.75) is 23.9 Å². The smallest absolute Gasteiger partial charge is 0.456 e. The van der Waals surface area contributed by atoms with Crippen LogP contribution in [0.15, 0.2) is 38.6 Å². The normalized spacial score (nSPS) is 12.3. The van der Waals surface area contributed by atoms with E-state index in [1.807, 2.05) is 6.92 Å². The van der Waals surface area contributed by atoms with Crippen LogP contribution in [0, 0.1) is 0 Å². The predicted molar refractivity (Wildman–Crippen MR) is 95.5 cm³/mol. The Kier molecular flexibility index (Phi) is 6.56. The van der Waals surface area contributed by atoms with Crippen LogP contribution < -0.4 is 10.3 Å². The zero-order chi connectivity index (χ0) is 20.4. The molecule has 0 saturated carbocycles. The molecule has 2 aromatic heterocycles. The number of rotatable bonds is 6. The summed E-state index contributed by atoms with van der Waals surface area (Å²) >= 11 is 4.52. The van der Waals surface area contributed by atoms with Crippen LogP contribution >= 0.6 is 27.7 Å². The van der Waals surface area contributed by atoms with Crippen molar-refractivity contribution in [1.29, 1.82) is 0 Å². The van der Waals surface area contributed by atoms with Gasteiger partial charge in [0.15, 0.2) is 6.61 Å². The second kappa shape index (κ2) is 8.17. The minimum Gasteiger partial charge on any atom is -0.471 e. The Morgan fingerprint density at radius 1 is 1.30 bits per heavy atom. The van der Waals surface area contributed by atoms with Crippen LogP contribution in [0.3, 0.4) is 0 Å². The van der Waals surface area contributed by atoms with E-state index in [1.54, 1.807) is 12.1 Å². The van der Waals surface area contributed by atoms with Crippen LogP contribution in [0.4, 0.5) is 22.0 Å². The lowest BCUT2D eigenvalue weighted by Gasteiger charge is -2.21. The minimum absolute atomic E-state index is 0.0516. The summed E-state index contributed by atoms with van der Waals surface area (Å²) in [5.41, 5.74) is -0.0890. The number of hydrogen-bond donors (Lipinski definition) is 0. The van der Waals surface area contributed by atoms with Crippen LogP contribution in [-0.4, -0.2) is 34.0 Å². The molecule has 0 aromatic carbocycles. The van der Waals surface area contributed by atoms with Gasteiger partial charge >= 0.3 is 12.1 Å². The van der Waals surface area contributed by atoms with Crippen LogP contribution in [0.2, 0.25) is 0 Å². The summed E-state index contributed by atoms with van der Waals surface area (Å²) in [5.74, 6) is -4.76. The Morgan fingerprint density at radius 2 is 1.96 bits per heavy atom. The van der Waals surface area contributed by atoms with Crippen molar-refractivity contribution in [2.24, 2.45) is 7.05 Å². The number of hydrogen-bond acceptors (Lipinski definition) is 4. The van der Waals surface area contributed by atoms with Gasteiger partial charge in [-0.1, -0.05) is 6.92 Å². The van der Waals surface area contributed by atoms with Crippen molar-refractivity contribution in [3.8, 4) is 17.1 Å². The van der Waals surface area contributed by atoms with Crippen molar-refractivity contribution in [3.63, 3.8) is 0 Å². The maximum atomic E-state index is 13.1. The van der Waals surface area contributed by atoms with Crippen molar-refractivity contribution in [3.05, 3.63) is 39.2 Å². The first-order valence-electron chi connectivity index (χ1n) is 7.54. The highest BCUT2D eigenvalue weighted by Gasteiger charge is 2.58. The molecule has 0 aliphatic rings. The standard InChI is InChI=1S/C16H14BrF5N2O2S/c1-3-27-11-5-4-6-23-12(11)9-7-10(17)14(24(2)13(9)25)26-8-15(18,19)16(20,21)22/h4-7H,3,8H2,1-2H3. The fourth-order valence-corrected chi connectivity index (χ4v) is 3.52. The number of nitrogens with zero attached hydrogens (tertiary/aromatic N) is 2. The lowest BCUT2D eigenvalue weighted by molar-refractivity contribution is -0.290. The number of halogens is 6. The molecule has 0 aliphatic heterocycles. The van der Waals surface area contributed by atoms with E-state index in [-0.39, 0.29) is 10.0 Å². The fourth-order valence-electron chi connectivity index (χ4n) is 2.12. The molecule has 27 heavy (non-hydrogen) atoms. The Bertz CT molecular complexity index is 886. The Morgan fingerprint density at radius 3 is 2.56 bits per heavy atom. The Labute approximate surface area is 163 Å². The third kappa shape index (κ3) is 4.63. The van der Waals surface area contributed by atoms with Crippen LogP contribution in [0.1, 0.15) is 6.92 Å². The molecule has 2 rings (SSSR count). The summed E-state index contributed by atoms with van der Waals surface area (Å²) < 4.78 is 68.6. The van der Waals surface area contributed by atoms with Crippen molar-refractivity contribution in [2.75, 3.05) is 12.4 Å². The average molecular weight is 473 g/mol. The zero-order valence-corrected chi connectivity index (χ0v) is 16.5. The van der Waals surface area contributed by atoms with E-state index in [1.165, 1.54) is 31.1 Å². The summed E-state index contributed by atoms with van der Waals surface area (Å²) in [4.78, 5) is 17.6. The molecule has 4 nitrogen and oxygen atoms in total. The highest BCUT2D eigenvalue weighted by Crippen LogP contribution is 2.37. The summed E-state index contributed by atoms with van der Waals surface area (Å²) in [6.07, 6.45) is -4.25. The van der Waals surface area contributed by atoms with Crippen molar-refractivity contribution >= 4 is 27.7 Å². The van der Waals surface area contributed by atoms with E-state index in [2.05, 4.69) is 25.7 Å². The van der Waals surface area contributed by atoms with Gasteiger partial charge in [-0.25, -0.2) is 0 Å². The first-order valence-corrected chi connectivity index (χ1v) is 9.32. The molecule has 0 spiro atoms. The largest absolute Gasteiger partial charge is 0.471 e. The molecular formula is C16H14BrF5N2O2S. The molecule has 0 unspecified atom stereocenters.